The third kappa shape index (κ3) is 2.09. The topological polar surface area (TPSA) is 38.9 Å². The lowest BCUT2D eigenvalue weighted by molar-refractivity contribution is 0.590. The average molecular weight is 311 g/mol. The molecule has 2 N–H and O–H groups in total. The summed E-state index contributed by atoms with van der Waals surface area (Å²) in [6.07, 6.45) is 0. The van der Waals surface area contributed by atoms with Crippen LogP contribution < -0.4 is 5.73 Å². The van der Waals surface area contributed by atoms with Crippen molar-refractivity contribution >= 4 is 32.7 Å². The molecule has 0 bridgehead atoms. The van der Waals surface area contributed by atoms with E-state index in [4.69, 9.17) is 5.73 Å². The van der Waals surface area contributed by atoms with E-state index >= 15 is 0 Å². The highest BCUT2D eigenvalue weighted by Crippen LogP contribution is 2.33. The van der Waals surface area contributed by atoms with Crippen molar-refractivity contribution in [3.8, 4) is 0 Å². The van der Waals surface area contributed by atoms with Crippen LogP contribution in [-0.2, 0) is 5.41 Å². The van der Waals surface area contributed by atoms with Gasteiger partial charge in [0.2, 0.25) is 0 Å². The minimum absolute atomic E-state index is 0.159. The third-order valence-corrected chi connectivity index (χ3v) is 3.60. The molecule has 96 valence electrons. The number of nitrogen functional groups attached to an aromatic ring is 1. The molecule has 0 fully saturated rings. The van der Waals surface area contributed by atoms with Gasteiger partial charge in [-0.05, 0) is 46.0 Å². The summed E-state index contributed by atoms with van der Waals surface area (Å²) in [7, 11) is 0. The van der Waals surface area contributed by atoms with Gasteiger partial charge >= 0.3 is 0 Å². The molecule has 2 nitrogen and oxygen atoms in total. The molecule has 18 heavy (non-hydrogen) atoms. The summed E-state index contributed by atoms with van der Waals surface area (Å²) in [5, 5.41) is 0.515. The van der Waals surface area contributed by atoms with Crippen LogP contribution in [0.4, 0.5) is 10.2 Å². The largest absolute Gasteiger partial charge is 0.383 e. The first-order chi connectivity index (χ1) is 8.21. The first kappa shape index (κ1) is 13.3. The Labute approximate surface area is 115 Å². The Balaban J connectivity index is 2.90. The maximum atomic E-state index is 14.2. The number of aryl methyl sites for hydroxylation is 1. The van der Waals surface area contributed by atoms with Crippen LogP contribution in [0, 0.1) is 12.7 Å². The molecule has 0 saturated heterocycles. The Morgan fingerprint density at radius 1 is 1.28 bits per heavy atom. The highest BCUT2D eigenvalue weighted by Gasteiger charge is 2.20. The minimum atomic E-state index is -0.284. The van der Waals surface area contributed by atoms with Gasteiger partial charge in [0.15, 0.2) is 0 Å². The Bertz CT molecular complexity index is 630. The first-order valence-electron chi connectivity index (χ1n) is 5.77. The molecule has 0 amide bonds. The highest BCUT2D eigenvalue weighted by molar-refractivity contribution is 9.10. The average Bonchev–Trinajstić information content (AvgIpc) is 2.24. The number of hydrogen-bond donors (Lipinski definition) is 1. The smallest absolute Gasteiger partial charge is 0.146 e. The zero-order chi connectivity index (χ0) is 13.7. The number of rotatable bonds is 0. The summed E-state index contributed by atoms with van der Waals surface area (Å²) in [5.74, 6) is 0.188. The zero-order valence-electron chi connectivity index (χ0n) is 10.9. The molecule has 0 aliphatic rings. The standard InChI is InChI=1S/C14H16BrFN2/c1-7-5-10(15)11(16)8-6-9(14(2,3)4)13(17)18-12(7)8/h5-6H,1-4H3,(H2,17,18). The lowest BCUT2D eigenvalue weighted by Crippen LogP contribution is -2.15. The highest BCUT2D eigenvalue weighted by atomic mass is 79.9. The molecule has 1 aromatic heterocycles. The van der Waals surface area contributed by atoms with E-state index in [0.29, 0.717) is 21.2 Å². The Morgan fingerprint density at radius 2 is 1.89 bits per heavy atom. The number of aromatic nitrogens is 1. The summed E-state index contributed by atoms with van der Waals surface area (Å²) < 4.78 is 14.6. The van der Waals surface area contributed by atoms with Crippen LogP contribution in [0.15, 0.2) is 16.6 Å². The monoisotopic (exact) mass is 310 g/mol. The first-order valence-corrected chi connectivity index (χ1v) is 6.56. The van der Waals surface area contributed by atoms with E-state index < -0.39 is 0 Å². The second-order valence-electron chi connectivity index (χ2n) is 5.56. The molecule has 0 atom stereocenters. The van der Waals surface area contributed by atoms with Gasteiger partial charge in [0, 0.05) is 10.9 Å². The van der Waals surface area contributed by atoms with Gasteiger partial charge in [-0.25, -0.2) is 9.37 Å². The van der Waals surface area contributed by atoms with Gasteiger partial charge in [0.25, 0.3) is 0 Å². The van der Waals surface area contributed by atoms with Gasteiger partial charge in [0.1, 0.15) is 11.6 Å². The van der Waals surface area contributed by atoms with Gasteiger partial charge in [-0.15, -0.1) is 0 Å². The molecule has 0 saturated carbocycles. The summed E-state index contributed by atoms with van der Waals surface area (Å²) in [6.45, 7) is 8.01. The number of hydrogen-bond acceptors (Lipinski definition) is 2. The Kier molecular flexibility index (Phi) is 3.09. The lowest BCUT2D eigenvalue weighted by atomic mass is 9.86. The SMILES string of the molecule is Cc1cc(Br)c(F)c2cc(C(C)(C)C)c(N)nc12. The van der Waals surface area contributed by atoms with E-state index in [-0.39, 0.29) is 11.2 Å². The van der Waals surface area contributed by atoms with Crippen molar-refractivity contribution in [2.45, 2.75) is 33.1 Å². The molecule has 0 spiro atoms. The molecule has 2 aromatic rings. The van der Waals surface area contributed by atoms with Crippen LogP contribution in [0.5, 0.6) is 0 Å². The van der Waals surface area contributed by atoms with Crippen LogP contribution >= 0.6 is 15.9 Å². The molecular formula is C14H16BrFN2. The maximum Gasteiger partial charge on any atom is 0.146 e. The van der Waals surface area contributed by atoms with Crippen molar-refractivity contribution < 1.29 is 4.39 Å². The summed E-state index contributed by atoms with van der Waals surface area (Å²) in [6, 6.07) is 3.53. The van der Waals surface area contributed by atoms with E-state index in [1.54, 1.807) is 6.07 Å². The third-order valence-electron chi connectivity index (χ3n) is 3.02. The predicted octanol–water partition coefficient (Wildman–Crippen LogP) is 4.32. The van der Waals surface area contributed by atoms with Crippen molar-refractivity contribution in [1.82, 2.24) is 4.98 Å². The maximum absolute atomic E-state index is 14.2. The number of halogens is 2. The number of anilines is 1. The van der Waals surface area contributed by atoms with E-state index in [2.05, 4.69) is 20.9 Å². The number of fused-ring (bicyclic) bond motifs is 1. The van der Waals surface area contributed by atoms with Crippen LogP contribution in [0.2, 0.25) is 0 Å². The number of benzene rings is 1. The number of pyridine rings is 1. The van der Waals surface area contributed by atoms with Gasteiger partial charge < -0.3 is 5.73 Å². The second-order valence-corrected chi connectivity index (χ2v) is 6.41. The van der Waals surface area contributed by atoms with Crippen LogP contribution in [0.25, 0.3) is 10.9 Å². The van der Waals surface area contributed by atoms with Crippen LogP contribution in [0.3, 0.4) is 0 Å². The fourth-order valence-electron chi connectivity index (χ4n) is 2.05. The predicted molar refractivity (Wildman–Crippen MR) is 77.3 cm³/mol. The van der Waals surface area contributed by atoms with Gasteiger partial charge in [-0.3, -0.25) is 0 Å². The molecule has 0 unspecified atom stereocenters. The molecule has 2 rings (SSSR count). The summed E-state index contributed by atoms with van der Waals surface area (Å²) in [4.78, 5) is 4.36. The molecule has 0 radical (unpaired) electrons. The van der Waals surface area contributed by atoms with Crippen molar-refractivity contribution in [3.63, 3.8) is 0 Å². The normalized spacial score (nSPS) is 12.1. The number of nitrogens with two attached hydrogens (primary N) is 1. The molecule has 1 heterocycles. The fraction of sp³-hybridized carbons (Fsp3) is 0.357. The number of nitrogens with zero attached hydrogens (tertiary/aromatic N) is 1. The fourth-order valence-corrected chi connectivity index (χ4v) is 2.60. The second kappa shape index (κ2) is 4.19. The summed E-state index contributed by atoms with van der Waals surface area (Å²) >= 11 is 3.23. The minimum Gasteiger partial charge on any atom is -0.383 e. The van der Waals surface area contributed by atoms with Crippen LogP contribution in [0.1, 0.15) is 31.9 Å². The quantitative estimate of drug-likeness (QED) is 0.787. The van der Waals surface area contributed by atoms with Crippen LogP contribution in [-0.4, -0.2) is 4.98 Å². The molecule has 4 heteroatoms. The van der Waals surface area contributed by atoms with E-state index in [1.165, 1.54) is 0 Å². The Morgan fingerprint density at radius 3 is 2.44 bits per heavy atom. The van der Waals surface area contributed by atoms with E-state index in [1.807, 2.05) is 33.8 Å². The Hall–Kier alpha value is -1.16. The molecular weight excluding hydrogens is 295 g/mol. The molecule has 0 aliphatic carbocycles. The van der Waals surface area contributed by atoms with E-state index in [0.717, 1.165) is 11.1 Å². The molecule has 0 aliphatic heterocycles. The van der Waals surface area contributed by atoms with Crippen molar-refractivity contribution in [2.75, 3.05) is 5.73 Å². The van der Waals surface area contributed by atoms with E-state index in [9.17, 15) is 4.39 Å². The van der Waals surface area contributed by atoms with Gasteiger partial charge in [-0.2, -0.15) is 0 Å². The van der Waals surface area contributed by atoms with Crippen molar-refractivity contribution in [2.24, 2.45) is 0 Å². The van der Waals surface area contributed by atoms with Crippen molar-refractivity contribution in [3.05, 3.63) is 33.5 Å². The van der Waals surface area contributed by atoms with Crippen molar-refractivity contribution in [1.29, 1.82) is 0 Å². The lowest BCUT2D eigenvalue weighted by Gasteiger charge is -2.21. The van der Waals surface area contributed by atoms with Gasteiger partial charge in [0.05, 0.1) is 9.99 Å². The molecule has 1 aromatic carbocycles. The summed E-state index contributed by atoms with van der Waals surface area (Å²) in [5.41, 5.74) is 8.23. The van der Waals surface area contributed by atoms with Gasteiger partial charge in [-0.1, -0.05) is 20.8 Å². The zero-order valence-corrected chi connectivity index (χ0v) is 12.5.